The second-order valence-corrected chi connectivity index (χ2v) is 18.9. The van der Waals surface area contributed by atoms with Gasteiger partial charge in [0.1, 0.15) is 0 Å². The number of fused-ring (bicyclic) bond motifs is 3. The minimum absolute atomic E-state index is 0.442. The van der Waals surface area contributed by atoms with E-state index in [1.54, 1.807) is 0 Å². The Labute approximate surface area is 425 Å². The van der Waals surface area contributed by atoms with E-state index in [1.165, 1.54) is 22.3 Å². The average molecular weight is 937 g/mol. The second-order valence-electron chi connectivity index (χ2n) is 18.9. The number of nitriles is 1. The Kier molecular flexibility index (Phi) is 11.4. The van der Waals surface area contributed by atoms with Gasteiger partial charge in [0, 0.05) is 44.2 Å². The second kappa shape index (κ2) is 18.6. The van der Waals surface area contributed by atoms with Crippen molar-refractivity contribution in [3.05, 3.63) is 246 Å². The number of nitrogens with zero attached hydrogens (tertiary/aromatic N) is 6. The molecule has 0 bridgehead atoms. The minimum atomic E-state index is 0.442. The van der Waals surface area contributed by atoms with Crippen LogP contribution in [-0.4, -0.2) is 24.5 Å². The largest absolute Gasteiger partial charge is 0.308 e. The van der Waals surface area contributed by atoms with Crippen LogP contribution < -0.4 is 0 Å². The molecule has 6 nitrogen and oxygen atoms in total. The summed E-state index contributed by atoms with van der Waals surface area (Å²) in [4.78, 5) is 21.6. The van der Waals surface area contributed by atoms with Gasteiger partial charge in [0.15, 0.2) is 11.6 Å². The lowest BCUT2D eigenvalue weighted by Crippen LogP contribution is -2.06. The molecule has 0 radical (unpaired) electrons. The lowest BCUT2D eigenvalue weighted by atomic mass is 9.96. The van der Waals surface area contributed by atoms with Gasteiger partial charge in [-0.15, -0.1) is 0 Å². The van der Waals surface area contributed by atoms with Crippen LogP contribution in [0.3, 0.4) is 0 Å². The van der Waals surface area contributed by atoms with Crippen LogP contribution in [0.4, 0.5) is 0 Å². The minimum Gasteiger partial charge on any atom is -0.308 e. The van der Waals surface area contributed by atoms with E-state index in [-0.39, 0.29) is 0 Å². The fourth-order valence-electron chi connectivity index (χ4n) is 10.3. The van der Waals surface area contributed by atoms with E-state index < -0.39 is 0 Å². The number of hydrogen-bond acceptors (Lipinski definition) is 5. The fraction of sp³-hybridized carbons (Fsp3) is 0.0597. The first kappa shape index (κ1) is 44.6. The van der Waals surface area contributed by atoms with Crippen LogP contribution >= 0.6 is 0 Å². The van der Waals surface area contributed by atoms with E-state index in [1.807, 2.05) is 97.1 Å². The standard InChI is InChI=1S/C67H48N6/c1-42-25-29-53(44(3)33-42)51-27-31-55-56-32-28-52(54-30-26-43(2)34-45(54)4)38-64(56)73(63(55)37-51)65-57(62-40-61(49-21-13-7-14-22-49)69-66(72-62)50-23-15-8-16-24-50)35-46(41-68)36-58(65)67-70-59(47-17-9-5-10-18-47)39-60(71-67)48-19-11-6-12-20-48/h5-40H,1-4H3. The van der Waals surface area contributed by atoms with Crippen molar-refractivity contribution < 1.29 is 0 Å². The van der Waals surface area contributed by atoms with Crippen molar-refractivity contribution in [1.29, 1.82) is 5.26 Å². The molecule has 0 aliphatic rings. The zero-order valence-corrected chi connectivity index (χ0v) is 41.0. The molecular weight excluding hydrogens is 889 g/mol. The number of aromatic nitrogens is 5. The average Bonchev–Trinajstić information content (AvgIpc) is 3.75. The molecule has 0 fully saturated rings. The number of hydrogen-bond donors (Lipinski definition) is 0. The molecule has 0 atom stereocenters. The summed E-state index contributed by atoms with van der Waals surface area (Å²) in [6, 6.07) is 78.3. The summed E-state index contributed by atoms with van der Waals surface area (Å²) >= 11 is 0. The Bertz CT molecular complexity index is 3740. The molecule has 0 N–H and O–H groups in total. The summed E-state index contributed by atoms with van der Waals surface area (Å²) in [5, 5.41) is 13.3. The van der Waals surface area contributed by atoms with Crippen LogP contribution in [0.2, 0.25) is 0 Å². The van der Waals surface area contributed by atoms with Gasteiger partial charge in [-0.1, -0.05) is 193 Å². The molecule has 12 aromatic rings. The van der Waals surface area contributed by atoms with Gasteiger partial charge >= 0.3 is 0 Å². The Balaban J connectivity index is 1.26. The molecule has 346 valence electrons. The van der Waals surface area contributed by atoms with E-state index in [0.29, 0.717) is 28.5 Å². The van der Waals surface area contributed by atoms with Gasteiger partial charge in [-0.25, -0.2) is 19.9 Å². The lowest BCUT2D eigenvalue weighted by Gasteiger charge is -2.20. The smallest absolute Gasteiger partial charge is 0.162 e. The third kappa shape index (κ3) is 8.43. The number of aryl methyl sites for hydroxylation is 4. The summed E-state index contributed by atoms with van der Waals surface area (Å²) in [7, 11) is 0. The monoisotopic (exact) mass is 936 g/mol. The van der Waals surface area contributed by atoms with Crippen molar-refractivity contribution in [1.82, 2.24) is 24.5 Å². The summed E-state index contributed by atoms with van der Waals surface area (Å²) < 4.78 is 2.38. The molecule has 0 unspecified atom stereocenters. The molecule has 0 spiro atoms. The normalized spacial score (nSPS) is 11.3. The van der Waals surface area contributed by atoms with Crippen LogP contribution in [-0.2, 0) is 0 Å². The molecule has 0 saturated heterocycles. The third-order valence-corrected chi connectivity index (χ3v) is 13.8. The van der Waals surface area contributed by atoms with Crippen LogP contribution in [0.25, 0.3) is 118 Å². The number of benzene rings is 9. The summed E-state index contributed by atoms with van der Waals surface area (Å²) in [6.45, 7) is 8.63. The molecule has 0 saturated carbocycles. The lowest BCUT2D eigenvalue weighted by molar-refractivity contribution is 1.13. The molecule has 0 aliphatic carbocycles. The molecule has 0 amide bonds. The summed E-state index contributed by atoms with van der Waals surface area (Å²) in [6.07, 6.45) is 0. The van der Waals surface area contributed by atoms with Crippen LogP contribution in [0.5, 0.6) is 0 Å². The van der Waals surface area contributed by atoms with Gasteiger partial charge in [-0.3, -0.25) is 0 Å². The van der Waals surface area contributed by atoms with Crippen LogP contribution in [0.1, 0.15) is 27.8 Å². The van der Waals surface area contributed by atoms with Crippen LogP contribution in [0.15, 0.2) is 218 Å². The van der Waals surface area contributed by atoms with E-state index in [9.17, 15) is 5.26 Å². The molecule has 9 aromatic carbocycles. The highest BCUT2D eigenvalue weighted by atomic mass is 15.0. The van der Waals surface area contributed by atoms with Crippen molar-refractivity contribution in [3.8, 4) is 102 Å². The first-order valence-electron chi connectivity index (χ1n) is 24.6. The van der Waals surface area contributed by atoms with Gasteiger partial charge < -0.3 is 4.57 Å². The quantitative estimate of drug-likeness (QED) is 0.144. The molecule has 12 rings (SSSR count). The Hall–Kier alpha value is -9.57. The van der Waals surface area contributed by atoms with Gasteiger partial charge in [0.05, 0.1) is 51.1 Å². The zero-order valence-electron chi connectivity index (χ0n) is 41.0. The van der Waals surface area contributed by atoms with E-state index in [0.717, 1.165) is 94.6 Å². The molecular formula is C67H48N6. The van der Waals surface area contributed by atoms with Crippen LogP contribution in [0, 0.1) is 39.0 Å². The molecule has 3 heterocycles. The predicted octanol–water partition coefficient (Wildman–Crippen LogP) is 16.8. The van der Waals surface area contributed by atoms with Crippen molar-refractivity contribution in [3.63, 3.8) is 0 Å². The number of rotatable bonds is 9. The Morgan fingerprint density at radius 2 is 0.753 bits per heavy atom. The predicted molar refractivity (Wildman–Crippen MR) is 299 cm³/mol. The SMILES string of the molecule is Cc1ccc(-c2ccc3c4ccc(-c5ccc(C)cc5C)cc4n(-c4c(-c5cc(-c6ccccc6)nc(-c6ccccc6)n5)cc(C#N)cc4-c4nc(-c5ccccc5)cc(-c5ccccc5)n4)c3c2)c(C)c1. The highest BCUT2D eigenvalue weighted by molar-refractivity contribution is 6.12. The maximum atomic E-state index is 11.2. The Morgan fingerprint density at radius 3 is 1.21 bits per heavy atom. The van der Waals surface area contributed by atoms with Crippen molar-refractivity contribution >= 4 is 21.8 Å². The van der Waals surface area contributed by atoms with Gasteiger partial charge in [0.2, 0.25) is 0 Å². The molecule has 3 aromatic heterocycles. The molecule has 6 heteroatoms. The van der Waals surface area contributed by atoms with E-state index >= 15 is 0 Å². The molecule has 0 aliphatic heterocycles. The summed E-state index contributed by atoms with van der Waals surface area (Å²) in [5.74, 6) is 1.04. The topological polar surface area (TPSA) is 80.3 Å². The highest BCUT2D eigenvalue weighted by Gasteiger charge is 2.26. The first-order valence-corrected chi connectivity index (χ1v) is 24.6. The van der Waals surface area contributed by atoms with Gasteiger partial charge in [-0.05, 0) is 97.5 Å². The summed E-state index contributed by atoms with van der Waals surface area (Å²) in [5.41, 5.74) is 20.6. The van der Waals surface area contributed by atoms with Crippen molar-refractivity contribution in [2.45, 2.75) is 27.7 Å². The van der Waals surface area contributed by atoms with Gasteiger partial charge in [0.25, 0.3) is 0 Å². The maximum absolute atomic E-state index is 11.2. The first-order chi connectivity index (χ1) is 35.8. The maximum Gasteiger partial charge on any atom is 0.162 e. The van der Waals surface area contributed by atoms with Gasteiger partial charge in [-0.2, -0.15) is 5.26 Å². The van der Waals surface area contributed by atoms with Crippen molar-refractivity contribution in [2.24, 2.45) is 0 Å². The van der Waals surface area contributed by atoms with E-state index in [4.69, 9.17) is 19.9 Å². The fourth-order valence-corrected chi connectivity index (χ4v) is 10.3. The molecule has 73 heavy (non-hydrogen) atoms. The zero-order chi connectivity index (χ0) is 49.6. The Morgan fingerprint density at radius 1 is 0.342 bits per heavy atom. The third-order valence-electron chi connectivity index (χ3n) is 13.8. The van der Waals surface area contributed by atoms with Crippen molar-refractivity contribution in [2.75, 3.05) is 0 Å². The van der Waals surface area contributed by atoms with E-state index in [2.05, 4.69) is 160 Å². The highest BCUT2D eigenvalue weighted by Crippen LogP contribution is 2.45.